The Kier molecular flexibility index (Phi) is 7.73. The van der Waals surface area contributed by atoms with Gasteiger partial charge < -0.3 is 15.7 Å². The normalized spacial score (nSPS) is 14.2. The van der Waals surface area contributed by atoms with E-state index >= 15 is 0 Å². The second kappa shape index (κ2) is 8.46. The van der Waals surface area contributed by atoms with Crippen molar-refractivity contribution in [3.8, 4) is 0 Å². The Bertz CT molecular complexity index is 356. The predicted molar refractivity (Wildman–Crippen MR) is 83.5 cm³/mol. The van der Waals surface area contributed by atoms with E-state index in [0.717, 1.165) is 12.1 Å². The Morgan fingerprint density at radius 3 is 2.21 bits per heavy atom. The highest BCUT2D eigenvalue weighted by Crippen LogP contribution is 2.21. The van der Waals surface area contributed by atoms with Crippen LogP contribution in [0.15, 0.2) is 49.2 Å². The molecule has 3 heteroatoms. The van der Waals surface area contributed by atoms with E-state index in [-0.39, 0.29) is 17.7 Å². The largest absolute Gasteiger partial charge is 0.513 e. The van der Waals surface area contributed by atoms with Crippen LogP contribution < -0.4 is 10.6 Å². The molecule has 108 valence electrons. The van der Waals surface area contributed by atoms with Crippen molar-refractivity contribution >= 4 is 0 Å². The summed E-state index contributed by atoms with van der Waals surface area (Å²) in [5, 5.41) is 16.0. The van der Waals surface area contributed by atoms with Gasteiger partial charge >= 0.3 is 0 Å². The van der Waals surface area contributed by atoms with Gasteiger partial charge in [-0.05, 0) is 32.3 Å². The summed E-state index contributed by atoms with van der Waals surface area (Å²) in [6.07, 6.45) is 4.66. The van der Waals surface area contributed by atoms with E-state index in [1.165, 1.54) is 0 Å². The fourth-order valence-electron chi connectivity index (χ4n) is 1.98. The lowest BCUT2D eigenvalue weighted by Gasteiger charge is -2.27. The van der Waals surface area contributed by atoms with Crippen LogP contribution in [0.3, 0.4) is 0 Å². The number of rotatable bonds is 9. The van der Waals surface area contributed by atoms with Gasteiger partial charge in [0.25, 0.3) is 0 Å². The lowest BCUT2D eigenvalue weighted by molar-refractivity contribution is 0.261. The summed E-state index contributed by atoms with van der Waals surface area (Å²) in [6, 6.07) is 0.0540. The van der Waals surface area contributed by atoms with Gasteiger partial charge in [-0.15, -0.1) is 0 Å². The first kappa shape index (κ1) is 17.4. The molecule has 0 saturated carbocycles. The van der Waals surface area contributed by atoms with Crippen LogP contribution in [0.2, 0.25) is 0 Å². The lowest BCUT2D eigenvalue weighted by Crippen LogP contribution is -2.38. The van der Waals surface area contributed by atoms with E-state index in [2.05, 4.69) is 44.2 Å². The molecule has 0 fully saturated rings. The molecule has 0 radical (unpaired) electrons. The van der Waals surface area contributed by atoms with Crippen molar-refractivity contribution < 1.29 is 5.11 Å². The second-order valence-corrected chi connectivity index (χ2v) is 5.29. The monoisotopic (exact) mass is 264 g/mol. The van der Waals surface area contributed by atoms with Crippen molar-refractivity contribution in [2.75, 3.05) is 0 Å². The van der Waals surface area contributed by atoms with Crippen molar-refractivity contribution in [2.24, 2.45) is 11.8 Å². The zero-order valence-electron chi connectivity index (χ0n) is 12.7. The minimum Gasteiger partial charge on any atom is -0.513 e. The summed E-state index contributed by atoms with van der Waals surface area (Å²) in [5.41, 5.74) is 0.774. The first-order chi connectivity index (χ1) is 8.77. The van der Waals surface area contributed by atoms with Gasteiger partial charge in [-0.3, -0.25) is 0 Å². The Morgan fingerprint density at radius 1 is 1.21 bits per heavy atom. The molecular weight excluding hydrogens is 236 g/mol. The average molecular weight is 264 g/mol. The Labute approximate surface area is 117 Å². The first-order valence-corrected chi connectivity index (χ1v) is 6.69. The van der Waals surface area contributed by atoms with Crippen LogP contribution in [-0.4, -0.2) is 11.1 Å². The third-order valence-corrected chi connectivity index (χ3v) is 2.84. The molecule has 3 N–H and O–H groups in total. The molecule has 0 amide bonds. The van der Waals surface area contributed by atoms with E-state index in [1.807, 2.05) is 26.0 Å². The molecule has 0 aliphatic heterocycles. The number of aliphatic hydroxyl groups excluding tert-OH is 1. The van der Waals surface area contributed by atoms with Gasteiger partial charge in [0.1, 0.15) is 0 Å². The summed E-state index contributed by atoms with van der Waals surface area (Å²) < 4.78 is 0. The molecule has 0 spiro atoms. The van der Waals surface area contributed by atoms with E-state index in [1.54, 1.807) is 0 Å². The maximum absolute atomic E-state index is 9.70. The molecule has 0 aromatic rings. The van der Waals surface area contributed by atoms with Crippen molar-refractivity contribution in [3.63, 3.8) is 0 Å². The third kappa shape index (κ3) is 7.39. The SMILES string of the molecule is C=C(/C=C\C)NC(=C)N[C@@H](C)[C@H](CC(C)C)C(=C)O. The number of hydrogen-bond donors (Lipinski definition) is 3. The van der Waals surface area contributed by atoms with Crippen molar-refractivity contribution in [2.45, 2.75) is 40.2 Å². The second-order valence-electron chi connectivity index (χ2n) is 5.29. The van der Waals surface area contributed by atoms with Crippen LogP contribution in [0, 0.1) is 11.8 Å². The summed E-state index contributed by atoms with van der Waals surface area (Å²) in [4.78, 5) is 0. The van der Waals surface area contributed by atoms with Gasteiger partial charge in [-0.25, -0.2) is 0 Å². The molecule has 0 unspecified atom stereocenters. The number of nitrogens with one attached hydrogen (secondary N) is 2. The topological polar surface area (TPSA) is 44.3 Å². The minimum atomic E-state index is 0.00790. The van der Waals surface area contributed by atoms with Crippen molar-refractivity contribution in [3.05, 3.63) is 49.2 Å². The van der Waals surface area contributed by atoms with Crippen LogP contribution in [0.5, 0.6) is 0 Å². The molecule has 3 nitrogen and oxygen atoms in total. The predicted octanol–water partition coefficient (Wildman–Crippen LogP) is 3.85. The van der Waals surface area contributed by atoms with Crippen molar-refractivity contribution in [1.29, 1.82) is 0 Å². The molecule has 0 saturated heterocycles. The molecule has 0 aliphatic carbocycles. The number of hydrogen-bond acceptors (Lipinski definition) is 3. The third-order valence-electron chi connectivity index (χ3n) is 2.84. The van der Waals surface area contributed by atoms with Crippen LogP contribution >= 0.6 is 0 Å². The van der Waals surface area contributed by atoms with E-state index in [0.29, 0.717) is 11.7 Å². The Hall–Kier alpha value is -1.64. The zero-order valence-corrected chi connectivity index (χ0v) is 12.7. The zero-order chi connectivity index (χ0) is 15.0. The molecule has 0 aromatic carbocycles. The fourth-order valence-corrected chi connectivity index (χ4v) is 1.98. The van der Waals surface area contributed by atoms with Crippen molar-refractivity contribution in [1.82, 2.24) is 10.6 Å². The first-order valence-electron chi connectivity index (χ1n) is 6.69. The molecular formula is C16H28N2O. The van der Waals surface area contributed by atoms with Crippen LogP contribution in [0.1, 0.15) is 34.1 Å². The van der Waals surface area contributed by atoms with Crippen LogP contribution in [-0.2, 0) is 0 Å². The summed E-state index contributed by atoms with van der Waals surface area (Å²) in [6.45, 7) is 19.6. The number of allylic oxidation sites excluding steroid dienone is 2. The Balaban J connectivity index is 4.46. The molecule has 19 heavy (non-hydrogen) atoms. The molecule has 2 atom stereocenters. The standard InChI is InChI=1S/C16H28N2O/c1-8-9-12(4)17-15(7)18-13(5)16(14(6)19)10-11(2)3/h8-9,11,13,16-19H,4,6-7,10H2,1-3,5H3/b9-8-/t13-,16-/m0/s1. The minimum absolute atomic E-state index is 0.00790. The summed E-state index contributed by atoms with van der Waals surface area (Å²) in [7, 11) is 0. The van der Waals surface area contributed by atoms with E-state index in [9.17, 15) is 5.11 Å². The van der Waals surface area contributed by atoms with Gasteiger partial charge in [0.05, 0.1) is 11.6 Å². The summed E-state index contributed by atoms with van der Waals surface area (Å²) in [5.74, 6) is 1.39. The maximum Gasteiger partial charge on any atom is 0.0959 e. The highest BCUT2D eigenvalue weighted by molar-refractivity contribution is 5.16. The lowest BCUT2D eigenvalue weighted by atomic mass is 9.90. The molecule has 0 aliphatic rings. The molecule has 0 rings (SSSR count). The van der Waals surface area contributed by atoms with Gasteiger partial charge in [0.15, 0.2) is 0 Å². The summed E-state index contributed by atoms with van der Waals surface area (Å²) >= 11 is 0. The Morgan fingerprint density at radius 2 is 1.79 bits per heavy atom. The van der Waals surface area contributed by atoms with Gasteiger partial charge in [-0.1, -0.05) is 39.7 Å². The van der Waals surface area contributed by atoms with Crippen LogP contribution in [0.25, 0.3) is 0 Å². The fraction of sp³-hybridized carbons (Fsp3) is 0.500. The van der Waals surface area contributed by atoms with E-state index in [4.69, 9.17) is 0 Å². The molecule has 0 aromatic heterocycles. The average Bonchev–Trinajstić information content (AvgIpc) is 2.24. The van der Waals surface area contributed by atoms with Crippen LogP contribution in [0.4, 0.5) is 0 Å². The smallest absolute Gasteiger partial charge is 0.0959 e. The number of aliphatic hydroxyl groups is 1. The molecule has 0 bridgehead atoms. The van der Waals surface area contributed by atoms with Gasteiger partial charge in [0, 0.05) is 17.7 Å². The highest BCUT2D eigenvalue weighted by atomic mass is 16.3. The molecule has 0 heterocycles. The van der Waals surface area contributed by atoms with Gasteiger partial charge in [-0.2, -0.15) is 0 Å². The van der Waals surface area contributed by atoms with Gasteiger partial charge in [0.2, 0.25) is 0 Å². The highest BCUT2D eigenvalue weighted by Gasteiger charge is 2.21. The quantitative estimate of drug-likeness (QED) is 0.438. The van der Waals surface area contributed by atoms with E-state index < -0.39 is 0 Å². The maximum atomic E-state index is 9.70.